The van der Waals surface area contributed by atoms with Crippen LogP contribution in [0, 0.1) is 5.41 Å². The van der Waals surface area contributed by atoms with Gasteiger partial charge in [0.05, 0.1) is 26.2 Å². The summed E-state index contributed by atoms with van der Waals surface area (Å²) in [6.07, 6.45) is 0.977. The smallest absolute Gasteiger partial charge is 0.306 e. The van der Waals surface area contributed by atoms with E-state index in [1.807, 2.05) is 20.8 Å². The summed E-state index contributed by atoms with van der Waals surface area (Å²) >= 11 is 0. The Kier molecular flexibility index (Phi) is 4.54. The minimum absolute atomic E-state index is 0.138. The van der Waals surface area contributed by atoms with Crippen molar-refractivity contribution >= 4 is 5.97 Å². The van der Waals surface area contributed by atoms with Gasteiger partial charge in [-0.1, -0.05) is 13.8 Å². The van der Waals surface area contributed by atoms with Crippen LogP contribution >= 0.6 is 0 Å². The van der Waals surface area contributed by atoms with E-state index in [1.165, 1.54) is 0 Å². The van der Waals surface area contributed by atoms with E-state index in [9.17, 15) is 4.79 Å². The molecule has 1 rings (SSSR count). The minimum atomic E-state index is -0.158. The fourth-order valence-electron chi connectivity index (χ4n) is 1.65. The van der Waals surface area contributed by atoms with Crippen LogP contribution in [0.5, 0.6) is 0 Å². The lowest BCUT2D eigenvalue weighted by molar-refractivity contribution is -0.147. The zero-order valence-corrected chi connectivity index (χ0v) is 9.75. The summed E-state index contributed by atoms with van der Waals surface area (Å²) in [5.41, 5.74) is -0.138. The number of hydrogen-bond donors (Lipinski definition) is 0. The summed E-state index contributed by atoms with van der Waals surface area (Å²) < 4.78 is 15.6. The van der Waals surface area contributed by atoms with Crippen molar-refractivity contribution in [3.05, 3.63) is 0 Å². The predicted molar refractivity (Wildman–Crippen MR) is 55.3 cm³/mol. The molecule has 0 bridgehead atoms. The zero-order chi connectivity index (χ0) is 11.3. The van der Waals surface area contributed by atoms with E-state index in [-0.39, 0.29) is 17.7 Å². The third-order valence-corrected chi connectivity index (χ3v) is 2.34. The molecule has 0 aromatic heterocycles. The molecule has 1 saturated heterocycles. The van der Waals surface area contributed by atoms with Gasteiger partial charge in [-0.15, -0.1) is 0 Å². The summed E-state index contributed by atoms with van der Waals surface area (Å²) in [4.78, 5) is 11.3. The van der Waals surface area contributed by atoms with Crippen LogP contribution in [0.4, 0.5) is 0 Å². The molecule has 0 aliphatic carbocycles. The topological polar surface area (TPSA) is 44.8 Å². The van der Waals surface area contributed by atoms with Crippen LogP contribution in [0.3, 0.4) is 0 Å². The highest BCUT2D eigenvalue weighted by molar-refractivity contribution is 5.70. The molecule has 15 heavy (non-hydrogen) atoms. The van der Waals surface area contributed by atoms with E-state index >= 15 is 0 Å². The molecule has 0 aromatic carbocycles. The van der Waals surface area contributed by atoms with E-state index in [4.69, 9.17) is 14.2 Å². The Morgan fingerprint density at radius 3 is 2.53 bits per heavy atom. The molecule has 0 N–H and O–H groups in total. The molecule has 4 nitrogen and oxygen atoms in total. The maximum absolute atomic E-state index is 11.3. The van der Waals surface area contributed by atoms with Crippen LogP contribution in [-0.4, -0.2) is 32.1 Å². The van der Waals surface area contributed by atoms with Gasteiger partial charge in [0, 0.05) is 6.42 Å². The molecule has 0 aromatic rings. The molecule has 0 amide bonds. The maximum Gasteiger partial charge on any atom is 0.306 e. The lowest BCUT2D eigenvalue weighted by Gasteiger charge is -2.25. The van der Waals surface area contributed by atoms with E-state index in [2.05, 4.69) is 0 Å². The fourth-order valence-corrected chi connectivity index (χ4v) is 1.65. The van der Waals surface area contributed by atoms with Gasteiger partial charge in [-0.3, -0.25) is 4.79 Å². The first-order valence-corrected chi connectivity index (χ1v) is 5.42. The van der Waals surface area contributed by atoms with Crippen LogP contribution < -0.4 is 0 Å². The van der Waals surface area contributed by atoms with Crippen molar-refractivity contribution in [2.75, 3.05) is 19.8 Å². The van der Waals surface area contributed by atoms with Gasteiger partial charge in [0.2, 0.25) is 0 Å². The molecule has 0 radical (unpaired) electrons. The van der Waals surface area contributed by atoms with Gasteiger partial charge in [-0.2, -0.15) is 0 Å². The van der Waals surface area contributed by atoms with Crippen molar-refractivity contribution in [2.45, 2.75) is 39.9 Å². The van der Waals surface area contributed by atoms with E-state index < -0.39 is 0 Å². The summed E-state index contributed by atoms with van der Waals surface area (Å²) in [6.45, 7) is 7.60. The van der Waals surface area contributed by atoms with Gasteiger partial charge < -0.3 is 14.2 Å². The lowest BCUT2D eigenvalue weighted by atomic mass is 9.85. The molecule has 0 saturated carbocycles. The fraction of sp³-hybridized carbons (Fsp3) is 0.909. The molecule has 0 unspecified atom stereocenters. The second-order valence-corrected chi connectivity index (χ2v) is 4.52. The second-order valence-electron chi connectivity index (χ2n) is 4.52. The number of hydrogen-bond acceptors (Lipinski definition) is 4. The zero-order valence-electron chi connectivity index (χ0n) is 9.75. The molecular formula is C11H20O4. The molecule has 1 heterocycles. The molecule has 0 spiro atoms. The van der Waals surface area contributed by atoms with Gasteiger partial charge in [0.25, 0.3) is 0 Å². The molecule has 1 aliphatic rings. The quantitative estimate of drug-likeness (QED) is 0.656. The summed E-state index contributed by atoms with van der Waals surface area (Å²) in [5, 5.41) is 0. The summed E-state index contributed by atoms with van der Waals surface area (Å²) in [5.74, 6) is -0.152. The number of carbonyl (C=O) groups excluding carboxylic acids is 1. The second kappa shape index (κ2) is 5.47. The van der Waals surface area contributed by atoms with Crippen molar-refractivity contribution in [1.82, 2.24) is 0 Å². The Bertz CT molecular complexity index is 207. The van der Waals surface area contributed by atoms with Crippen LogP contribution in [0.15, 0.2) is 0 Å². The number of rotatable bonds is 5. The Hall–Kier alpha value is -0.610. The van der Waals surface area contributed by atoms with Gasteiger partial charge in [0.1, 0.15) is 0 Å². The molecule has 1 aliphatic heterocycles. The van der Waals surface area contributed by atoms with Crippen LogP contribution in [0.25, 0.3) is 0 Å². The highest BCUT2D eigenvalue weighted by Crippen LogP contribution is 2.29. The Labute approximate surface area is 90.9 Å². The van der Waals surface area contributed by atoms with E-state index in [0.717, 1.165) is 6.42 Å². The van der Waals surface area contributed by atoms with Crippen molar-refractivity contribution < 1.29 is 19.0 Å². The molecular weight excluding hydrogens is 196 g/mol. The van der Waals surface area contributed by atoms with Gasteiger partial charge in [-0.05, 0) is 12.3 Å². The third-order valence-electron chi connectivity index (χ3n) is 2.34. The maximum atomic E-state index is 11.3. The largest absolute Gasteiger partial charge is 0.466 e. The number of esters is 1. The molecule has 1 fully saturated rings. The first-order valence-electron chi connectivity index (χ1n) is 5.42. The monoisotopic (exact) mass is 216 g/mol. The van der Waals surface area contributed by atoms with Gasteiger partial charge in [0.15, 0.2) is 6.29 Å². The predicted octanol–water partition coefficient (Wildman–Crippen LogP) is 1.73. The van der Waals surface area contributed by atoms with Crippen LogP contribution in [0.2, 0.25) is 0 Å². The summed E-state index contributed by atoms with van der Waals surface area (Å²) in [7, 11) is 0. The van der Waals surface area contributed by atoms with Crippen molar-refractivity contribution in [1.29, 1.82) is 0 Å². The highest BCUT2D eigenvalue weighted by Gasteiger charge is 2.29. The third kappa shape index (κ3) is 4.62. The van der Waals surface area contributed by atoms with Crippen LogP contribution in [-0.2, 0) is 19.0 Å². The van der Waals surface area contributed by atoms with Crippen molar-refractivity contribution in [2.24, 2.45) is 5.41 Å². The minimum Gasteiger partial charge on any atom is -0.466 e. The highest BCUT2D eigenvalue weighted by atomic mass is 16.7. The standard InChI is InChI=1S/C11H20O4/c1-4-13-9(12)7-11(2,3)8-10-14-5-6-15-10/h10H,4-8H2,1-3H3. The Morgan fingerprint density at radius 1 is 1.40 bits per heavy atom. The first-order chi connectivity index (χ1) is 7.03. The summed E-state index contributed by atoms with van der Waals surface area (Å²) in [6, 6.07) is 0. The SMILES string of the molecule is CCOC(=O)CC(C)(C)CC1OCCO1. The molecule has 4 heteroatoms. The van der Waals surface area contributed by atoms with Gasteiger partial charge in [-0.25, -0.2) is 0 Å². The number of ether oxygens (including phenoxy) is 3. The van der Waals surface area contributed by atoms with Gasteiger partial charge >= 0.3 is 5.97 Å². The first kappa shape index (κ1) is 12.5. The van der Waals surface area contributed by atoms with Crippen LogP contribution in [0.1, 0.15) is 33.6 Å². The van der Waals surface area contributed by atoms with Crippen molar-refractivity contribution in [3.8, 4) is 0 Å². The van der Waals surface area contributed by atoms with E-state index in [0.29, 0.717) is 26.2 Å². The number of carbonyl (C=O) groups is 1. The Balaban J connectivity index is 2.32. The Morgan fingerprint density at radius 2 is 2.00 bits per heavy atom. The average molecular weight is 216 g/mol. The lowest BCUT2D eigenvalue weighted by Crippen LogP contribution is -2.25. The molecule has 88 valence electrons. The van der Waals surface area contributed by atoms with Crippen molar-refractivity contribution in [3.63, 3.8) is 0 Å². The normalized spacial score (nSPS) is 18.1. The van der Waals surface area contributed by atoms with E-state index in [1.54, 1.807) is 0 Å². The molecule has 0 atom stereocenters. The average Bonchev–Trinajstić information content (AvgIpc) is 2.54.